The summed E-state index contributed by atoms with van der Waals surface area (Å²) < 4.78 is 0. The molecule has 0 unspecified atom stereocenters. The molecule has 0 aromatic rings. The van der Waals surface area contributed by atoms with Crippen LogP contribution in [0.2, 0.25) is 0 Å². The first kappa shape index (κ1) is 24.4. The highest BCUT2D eigenvalue weighted by molar-refractivity contribution is 7.81. The maximum Gasteiger partial charge on any atom is 0.106 e. The molecule has 0 aromatic heterocycles. The van der Waals surface area contributed by atoms with E-state index in [1.165, 1.54) is 0 Å². The third-order valence-electron chi connectivity index (χ3n) is 0. The highest BCUT2D eigenvalue weighted by atomic mass is 32.1. The van der Waals surface area contributed by atoms with Gasteiger partial charge in [-0.3, -0.25) is 14.1 Å². The van der Waals surface area contributed by atoms with E-state index in [0.29, 0.717) is 0 Å². The minimum absolute atomic E-state index is 0. The van der Waals surface area contributed by atoms with Gasteiger partial charge in [0.2, 0.25) is 0 Å². The number of rotatable bonds is 0. The minimum Gasteiger partial charge on any atom is -0.305 e. The Morgan fingerprint density at radius 1 is 1.12 bits per heavy atom. The molecule has 0 aliphatic heterocycles. The number of nitrogens with two attached hydrogens (primary N) is 2. The van der Waals surface area contributed by atoms with Gasteiger partial charge in [0.15, 0.2) is 0 Å². The SMILES string of the molecule is CC(N)(N)S.F.F.F. The van der Waals surface area contributed by atoms with Crippen LogP contribution in [0.4, 0.5) is 14.1 Å². The summed E-state index contributed by atoms with van der Waals surface area (Å²) >= 11 is 3.68. The molecule has 0 bridgehead atoms. The molecular weight excluding hydrogens is 141 g/mol. The second-order valence-corrected chi connectivity index (χ2v) is 2.19. The van der Waals surface area contributed by atoms with Crippen LogP contribution in [0.1, 0.15) is 6.92 Å². The van der Waals surface area contributed by atoms with Crippen molar-refractivity contribution in [2.24, 2.45) is 11.5 Å². The third-order valence-corrected chi connectivity index (χ3v) is 0. The number of thiol groups is 1. The van der Waals surface area contributed by atoms with Crippen molar-refractivity contribution in [2.75, 3.05) is 0 Å². The summed E-state index contributed by atoms with van der Waals surface area (Å²) in [6.07, 6.45) is 0. The molecule has 6 heteroatoms. The highest BCUT2D eigenvalue weighted by Crippen LogP contribution is 1.88. The van der Waals surface area contributed by atoms with E-state index in [1.807, 2.05) is 0 Å². The summed E-state index contributed by atoms with van der Waals surface area (Å²) in [7, 11) is 0. The molecule has 0 rings (SSSR count). The quantitative estimate of drug-likeness (QED) is 0.337. The molecule has 0 saturated carbocycles. The van der Waals surface area contributed by atoms with Crippen LogP contribution in [0, 0.1) is 0 Å². The molecule has 0 saturated heterocycles. The Balaban J connectivity index is -0.0000000267. The topological polar surface area (TPSA) is 52.0 Å². The first-order chi connectivity index (χ1) is 2.00. The van der Waals surface area contributed by atoms with Gasteiger partial charge in [-0.05, 0) is 6.92 Å². The lowest BCUT2D eigenvalue weighted by molar-refractivity contribution is 0.725. The molecule has 8 heavy (non-hydrogen) atoms. The number of hydrogen-bond acceptors (Lipinski definition) is 3. The van der Waals surface area contributed by atoms with Crippen LogP contribution in [-0.2, 0) is 0 Å². The number of halogens is 3. The lowest BCUT2D eigenvalue weighted by Crippen LogP contribution is -2.39. The van der Waals surface area contributed by atoms with Gasteiger partial charge in [-0.25, -0.2) is 0 Å². The van der Waals surface area contributed by atoms with E-state index in [9.17, 15) is 0 Å². The van der Waals surface area contributed by atoms with E-state index in [0.717, 1.165) is 0 Å². The van der Waals surface area contributed by atoms with Crippen LogP contribution in [0.5, 0.6) is 0 Å². The molecule has 0 atom stereocenters. The first-order valence-electron chi connectivity index (χ1n) is 1.30. The van der Waals surface area contributed by atoms with Crippen molar-refractivity contribution in [1.82, 2.24) is 0 Å². The molecule has 2 nitrogen and oxygen atoms in total. The lowest BCUT2D eigenvalue weighted by atomic mass is 10.6. The van der Waals surface area contributed by atoms with Crippen molar-refractivity contribution in [3.63, 3.8) is 0 Å². The van der Waals surface area contributed by atoms with Gasteiger partial charge in [0.05, 0.1) is 0 Å². The van der Waals surface area contributed by atoms with E-state index < -0.39 is 4.99 Å². The first-order valence-corrected chi connectivity index (χ1v) is 1.75. The molecule has 0 spiro atoms. The van der Waals surface area contributed by atoms with Gasteiger partial charge >= 0.3 is 0 Å². The van der Waals surface area contributed by atoms with Gasteiger partial charge in [-0.1, -0.05) is 0 Å². The van der Waals surface area contributed by atoms with E-state index in [4.69, 9.17) is 11.5 Å². The average molecular weight is 152 g/mol. The van der Waals surface area contributed by atoms with Gasteiger partial charge in [0.1, 0.15) is 4.99 Å². The summed E-state index contributed by atoms with van der Waals surface area (Å²) in [6, 6.07) is 0. The molecule has 0 fully saturated rings. The molecular formula is C2H11F3N2S. The molecule has 0 radical (unpaired) electrons. The monoisotopic (exact) mass is 152 g/mol. The second kappa shape index (κ2) is 7.06. The Bertz CT molecular complexity index is 30.8. The summed E-state index contributed by atoms with van der Waals surface area (Å²) in [4.78, 5) is -0.806. The van der Waals surface area contributed by atoms with Gasteiger partial charge in [-0.15, -0.1) is 12.6 Å². The Hall–Kier alpha value is 0.0600. The maximum absolute atomic E-state index is 5.00. The van der Waals surface area contributed by atoms with Crippen LogP contribution in [0.3, 0.4) is 0 Å². The molecule has 0 amide bonds. The summed E-state index contributed by atoms with van der Waals surface area (Å²) in [6.45, 7) is 1.61. The zero-order valence-corrected chi connectivity index (χ0v) is 5.22. The predicted octanol–water partition coefficient (Wildman–Crippen LogP) is -0.0352. The molecule has 0 aliphatic carbocycles. The minimum atomic E-state index is -0.806. The van der Waals surface area contributed by atoms with Crippen molar-refractivity contribution in [3.05, 3.63) is 0 Å². The number of hydrogen-bond donors (Lipinski definition) is 3. The summed E-state index contributed by atoms with van der Waals surface area (Å²) in [5, 5.41) is 0. The second-order valence-electron chi connectivity index (χ2n) is 1.23. The van der Waals surface area contributed by atoms with Crippen LogP contribution in [-0.4, -0.2) is 4.99 Å². The predicted molar refractivity (Wildman–Crippen MR) is 33.3 cm³/mol. The fourth-order valence-corrected chi connectivity index (χ4v) is 0. The largest absolute Gasteiger partial charge is 0.305 e. The molecule has 0 aliphatic rings. The lowest BCUT2D eigenvalue weighted by Gasteiger charge is -2.05. The van der Waals surface area contributed by atoms with Crippen LogP contribution in [0.15, 0.2) is 0 Å². The Labute approximate surface area is 51.1 Å². The smallest absolute Gasteiger partial charge is 0.106 e. The zero-order valence-electron chi connectivity index (χ0n) is 4.33. The van der Waals surface area contributed by atoms with E-state index in [-0.39, 0.29) is 14.1 Å². The highest BCUT2D eigenvalue weighted by Gasteiger charge is 1.97. The van der Waals surface area contributed by atoms with Gasteiger partial charge in [0, 0.05) is 0 Å². The fourth-order valence-electron chi connectivity index (χ4n) is 0. The van der Waals surface area contributed by atoms with Crippen molar-refractivity contribution in [3.8, 4) is 0 Å². The summed E-state index contributed by atoms with van der Waals surface area (Å²) in [5.74, 6) is 0. The van der Waals surface area contributed by atoms with E-state index in [1.54, 1.807) is 6.92 Å². The fraction of sp³-hybridized carbons (Fsp3) is 1.00. The van der Waals surface area contributed by atoms with Crippen molar-refractivity contribution in [2.45, 2.75) is 11.9 Å². The van der Waals surface area contributed by atoms with Gasteiger partial charge in [-0.2, -0.15) is 0 Å². The standard InChI is InChI=1S/C2H8N2S.3FH/c1-2(3,4)5;;;/h5H,3-4H2,1H3;3*1H. The molecule has 56 valence electrons. The van der Waals surface area contributed by atoms with Crippen LogP contribution >= 0.6 is 12.6 Å². The Morgan fingerprint density at radius 2 is 1.12 bits per heavy atom. The summed E-state index contributed by atoms with van der Waals surface area (Å²) in [5.41, 5.74) is 9.99. The van der Waals surface area contributed by atoms with E-state index in [2.05, 4.69) is 12.6 Å². The van der Waals surface area contributed by atoms with Crippen molar-refractivity contribution < 1.29 is 14.1 Å². The maximum atomic E-state index is 5.00. The normalized spacial score (nSPS) is 7.50. The average Bonchev–Trinajstić information content (AvgIpc) is 0.722. The van der Waals surface area contributed by atoms with Gasteiger partial charge < -0.3 is 11.5 Å². The molecule has 0 aromatic carbocycles. The Morgan fingerprint density at radius 3 is 1.12 bits per heavy atom. The van der Waals surface area contributed by atoms with Gasteiger partial charge in [0.25, 0.3) is 0 Å². The van der Waals surface area contributed by atoms with Crippen molar-refractivity contribution >= 4 is 12.6 Å². The molecule has 0 heterocycles. The third kappa shape index (κ3) is 43100. The van der Waals surface area contributed by atoms with Crippen LogP contribution < -0.4 is 11.5 Å². The van der Waals surface area contributed by atoms with Crippen molar-refractivity contribution in [1.29, 1.82) is 0 Å². The van der Waals surface area contributed by atoms with E-state index >= 15 is 0 Å². The Kier molecular flexibility index (Phi) is 21.5. The zero-order chi connectivity index (χ0) is 4.50. The molecule has 4 N–H and O–H groups in total. The van der Waals surface area contributed by atoms with Crippen LogP contribution in [0.25, 0.3) is 0 Å².